The molecule has 0 saturated carbocycles. The lowest BCUT2D eigenvalue weighted by Crippen LogP contribution is -2.29. The van der Waals surface area contributed by atoms with Crippen molar-refractivity contribution in [2.75, 3.05) is 26.8 Å². The molecule has 5 nitrogen and oxygen atoms in total. The van der Waals surface area contributed by atoms with Crippen LogP contribution in [-0.4, -0.2) is 44.6 Å². The van der Waals surface area contributed by atoms with Gasteiger partial charge in [-0.2, -0.15) is 4.31 Å². The summed E-state index contributed by atoms with van der Waals surface area (Å²) < 4.78 is 31.7. The summed E-state index contributed by atoms with van der Waals surface area (Å²) >= 11 is 12.1. The van der Waals surface area contributed by atoms with E-state index < -0.39 is 10.0 Å². The SMILES string of the molecule is COc1ccc(S(=O)(=O)N2C[C@@H](CO)[C@H](C)C2)c(Cl)c1Cl. The Labute approximate surface area is 134 Å². The molecule has 1 fully saturated rings. The van der Waals surface area contributed by atoms with E-state index in [0.29, 0.717) is 12.3 Å². The van der Waals surface area contributed by atoms with Gasteiger partial charge in [-0.15, -0.1) is 0 Å². The molecule has 21 heavy (non-hydrogen) atoms. The Morgan fingerprint density at radius 3 is 2.52 bits per heavy atom. The Kier molecular flexibility index (Phi) is 5.05. The lowest BCUT2D eigenvalue weighted by atomic mass is 10.00. The minimum absolute atomic E-state index is 0.0374. The molecule has 1 heterocycles. The van der Waals surface area contributed by atoms with Crippen LogP contribution in [0.25, 0.3) is 0 Å². The number of hydrogen-bond acceptors (Lipinski definition) is 4. The molecule has 1 N–H and O–H groups in total. The summed E-state index contributed by atoms with van der Waals surface area (Å²) in [6.45, 7) is 2.51. The van der Waals surface area contributed by atoms with Crippen molar-refractivity contribution >= 4 is 33.2 Å². The van der Waals surface area contributed by atoms with Gasteiger partial charge in [-0.3, -0.25) is 0 Å². The summed E-state index contributed by atoms with van der Waals surface area (Å²) in [6, 6.07) is 2.86. The molecule has 118 valence electrons. The summed E-state index contributed by atoms with van der Waals surface area (Å²) in [5, 5.41) is 9.30. The van der Waals surface area contributed by atoms with Crippen molar-refractivity contribution in [2.24, 2.45) is 11.8 Å². The van der Waals surface area contributed by atoms with Crippen LogP contribution in [0.4, 0.5) is 0 Å². The predicted octanol–water partition coefficient (Wildman–Crippen LogP) is 2.25. The lowest BCUT2D eigenvalue weighted by Gasteiger charge is -2.18. The quantitative estimate of drug-likeness (QED) is 0.901. The van der Waals surface area contributed by atoms with Crippen molar-refractivity contribution in [2.45, 2.75) is 11.8 Å². The maximum Gasteiger partial charge on any atom is 0.244 e. The zero-order valence-electron chi connectivity index (χ0n) is 11.7. The number of nitrogens with zero attached hydrogens (tertiary/aromatic N) is 1. The number of aliphatic hydroxyl groups excluding tert-OH is 1. The number of rotatable bonds is 4. The van der Waals surface area contributed by atoms with Crippen molar-refractivity contribution < 1.29 is 18.3 Å². The third kappa shape index (κ3) is 3.00. The fourth-order valence-corrected chi connectivity index (χ4v) is 4.84. The number of benzene rings is 1. The molecule has 0 spiro atoms. The number of ether oxygens (including phenoxy) is 1. The second-order valence-corrected chi connectivity index (χ2v) is 7.80. The first kappa shape index (κ1) is 16.8. The number of halogens is 2. The smallest absolute Gasteiger partial charge is 0.244 e. The van der Waals surface area contributed by atoms with Crippen LogP contribution in [-0.2, 0) is 10.0 Å². The highest BCUT2D eigenvalue weighted by molar-refractivity contribution is 7.89. The van der Waals surface area contributed by atoms with Gasteiger partial charge in [-0.1, -0.05) is 30.1 Å². The van der Waals surface area contributed by atoms with E-state index >= 15 is 0 Å². The number of hydrogen-bond donors (Lipinski definition) is 1. The summed E-state index contributed by atoms with van der Waals surface area (Å²) in [6.07, 6.45) is 0. The highest BCUT2D eigenvalue weighted by Gasteiger charge is 2.38. The van der Waals surface area contributed by atoms with Gasteiger partial charge in [-0.05, 0) is 24.0 Å². The first-order valence-electron chi connectivity index (χ1n) is 6.46. The standard InChI is InChI=1S/C13H17Cl2NO4S/c1-8-5-16(6-9(8)7-17)21(18,19)11-4-3-10(20-2)12(14)13(11)15/h3-4,8-9,17H,5-7H2,1-2H3/t8-,9+/m1/s1. The molecular weight excluding hydrogens is 337 g/mol. The summed E-state index contributed by atoms with van der Waals surface area (Å²) in [5.74, 6) is 0.355. The fourth-order valence-electron chi connectivity index (χ4n) is 2.43. The topological polar surface area (TPSA) is 66.8 Å². The molecule has 0 radical (unpaired) electrons. The van der Waals surface area contributed by atoms with Gasteiger partial charge in [0.2, 0.25) is 10.0 Å². The largest absolute Gasteiger partial charge is 0.495 e. The molecule has 0 aliphatic carbocycles. The molecular formula is C13H17Cl2NO4S. The highest BCUT2D eigenvalue weighted by Crippen LogP contribution is 2.39. The highest BCUT2D eigenvalue weighted by atomic mass is 35.5. The molecule has 1 saturated heterocycles. The van der Waals surface area contributed by atoms with E-state index in [9.17, 15) is 13.5 Å². The Bertz CT molecular complexity index is 635. The first-order valence-corrected chi connectivity index (χ1v) is 8.65. The zero-order chi connectivity index (χ0) is 15.8. The minimum Gasteiger partial charge on any atom is -0.495 e. The normalized spacial score (nSPS) is 23.5. The van der Waals surface area contributed by atoms with Crippen LogP contribution in [0, 0.1) is 11.8 Å². The zero-order valence-corrected chi connectivity index (χ0v) is 14.0. The Balaban J connectivity index is 2.40. The van der Waals surface area contributed by atoms with Crippen LogP contribution in [0.2, 0.25) is 10.0 Å². The van der Waals surface area contributed by atoms with E-state index in [1.54, 1.807) is 0 Å². The molecule has 1 aliphatic rings. The van der Waals surface area contributed by atoms with E-state index in [-0.39, 0.29) is 39.9 Å². The van der Waals surface area contributed by atoms with E-state index in [4.69, 9.17) is 27.9 Å². The fraction of sp³-hybridized carbons (Fsp3) is 0.538. The van der Waals surface area contributed by atoms with Crippen molar-refractivity contribution in [3.8, 4) is 5.75 Å². The minimum atomic E-state index is -3.74. The van der Waals surface area contributed by atoms with Crippen LogP contribution in [0.15, 0.2) is 17.0 Å². The van der Waals surface area contributed by atoms with Gasteiger partial charge in [-0.25, -0.2) is 8.42 Å². The predicted molar refractivity (Wildman–Crippen MR) is 81.5 cm³/mol. The van der Waals surface area contributed by atoms with Crippen molar-refractivity contribution in [1.82, 2.24) is 4.31 Å². The Morgan fingerprint density at radius 2 is 2.00 bits per heavy atom. The molecule has 2 atom stereocenters. The summed E-state index contributed by atoms with van der Waals surface area (Å²) in [7, 11) is -2.31. The van der Waals surface area contributed by atoms with Crippen LogP contribution >= 0.6 is 23.2 Å². The van der Waals surface area contributed by atoms with Gasteiger partial charge in [0.05, 0.1) is 12.1 Å². The molecule has 1 aliphatic heterocycles. The van der Waals surface area contributed by atoms with E-state index in [2.05, 4.69) is 0 Å². The van der Waals surface area contributed by atoms with Crippen LogP contribution < -0.4 is 4.74 Å². The molecule has 0 unspecified atom stereocenters. The van der Waals surface area contributed by atoms with Gasteiger partial charge < -0.3 is 9.84 Å². The van der Waals surface area contributed by atoms with Crippen molar-refractivity contribution in [1.29, 1.82) is 0 Å². The van der Waals surface area contributed by atoms with Crippen LogP contribution in [0.1, 0.15) is 6.92 Å². The third-order valence-corrected chi connectivity index (χ3v) is 6.67. The second kappa shape index (κ2) is 6.30. The molecule has 2 rings (SSSR count). The number of sulfonamides is 1. The van der Waals surface area contributed by atoms with E-state index in [0.717, 1.165) is 0 Å². The van der Waals surface area contributed by atoms with Gasteiger partial charge in [0.15, 0.2) is 0 Å². The summed E-state index contributed by atoms with van der Waals surface area (Å²) in [5.41, 5.74) is 0. The molecule has 0 aromatic heterocycles. The van der Waals surface area contributed by atoms with E-state index in [1.165, 1.54) is 23.5 Å². The average molecular weight is 354 g/mol. The second-order valence-electron chi connectivity index (χ2n) is 5.14. The molecule has 1 aromatic carbocycles. The first-order chi connectivity index (χ1) is 9.82. The maximum absolute atomic E-state index is 12.7. The lowest BCUT2D eigenvalue weighted by molar-refractivity contribution is 0.210. The average Bonchev–Trinajstić information content (AvgIpc) is 2.83. The van der Waals surface area contributed by atoms with Crippen LogP contribution in [0.3, 0.4) is 0 Å². The molecule has 8 heteroatoms. The van der Waals surface area contributed by atoms with Crippen LogP contribution in [0.5, 0.6) is 5.75 Å². The molecule has 1 aromatic rings. The number of aliphatic hydroxyl groups is 1. The molecule has 0 bridgehead atoms. The third-order valence-electron chi connectivity index (χ3n) is 3.82. The van der Waals surface area contributed by atoms with Crippen molar-refractivity contribution in [3.05, 3.63) is 22.2 Å². The monoisotopic (exact) mass is 353 g/mol. The molecule has 0 amide bonds. The van der Waals surface area contributed by atoms with Gasteiger partial charge in [0.1, 0.15) is 15.7 Å². The van der Waals surface area contributed by atoms with E-state index in [1.807, 2.05) is 6.92 Å². The Hall–Kier alpha value is -0.530. The maximum atomic E-state index is 12.7. The van der Waals surface area contributed by atoms with Crippen molar-refractivity contribution in [3.63, 3.8) is 0 Å². The summed E-state index contributed by atoms with van der Waals surface area (Å²) in [4.78, 5) is -0.0410. The Morgan fingerprint density at radius 1 is 1.33 bits per heavy atom. The number of methoxy groups -OCH3 is 1. The van der Waals surface area contributed by atoms with Gasteiger partial charge >= 0.3 is 0 Å². The van der Waals surface area contributed by atoms with Gasteiger partial charge in [0, 0.05) is 19.7 Å². The van der Waals surface area contributed by atoms with Gasteiger partial charge in [0.25, 0.3) is 0 Å².